The van der Waals surface area contributed by atoms with Gasteiger partial charge in [0.05, 0.1) is 25.3 Å². The number of hydrogen-bond donors (Lipinski definition) is 1. The van der Waals surface area contributed by atoms with Crippen LogP contribution < -0.4 is 4.74 Å². The van der Waals surface area contributed by atoms with Crippen molar-refractivity contribution in [3.8, 4) is 11.5 Å². The van der Waals surface area contributed by atoms with Crippen LogP contribution in [0.1, 0.15) is 26.3 Å². The van der Waals surface area contributed by atoms with E-state index in [0.29, 0.717) is 11.3 Å². The highest BCUT2D eigenvalue weighted by Crippen LogP contribution is 2.24. The first-order valence-corrected chi connectivity index (χ1v) is 6.17. The van der Waals surface area contributed by atoms with Crippen LogP contribution in [0.2, 0.25) is 0 Å². The summed E-state index contributed by atoms with van der Waals surface area (Å²) >= 11 is 0. The molecule has 2 aromatic rings. The average molecular weight is 286 g/mol. The van der Waals surface area contributed by atoms with E-state index in [4.69, 9.17) is 4.74 Å². The lowest BCUT2D eigenvalue weighted by atomic mass is 10.00. The maximum Gasteiger partial charge on any atom is 0.337 e. The molecular weight excluding hydrogens is 272 g/mol. The molecule has 21 heavy (non-hydrogen) atoms. The summed E-state index contributed by atoms with van der Waals surface area (Å²) in [6, 6.07) is 10.3. The molecule has 0 spiro atoms. The second kappa shape index (κ2) is 6.09. The molecule has 0 bridgehead atoms. The lowest BCUT2D eigenvalue weighted by Crippen LogP contribution is -2.08. The lowest BCUT2D eigenvalue weighted by molar-refractivity contribution is 0.0600. The summed E-state index contributed by atoms with van der Waals surface area (Å²) in [4.78, 5) is 24.0. The number of aromatic hydroxyl groups is 1. The summed E-state index contributed by atoms with van der Waals surface area (Å²) in [6.07, 6.45) is 0. The number of esters is 1. The second-order valence-electron chi connectivity index (χ2n) is 4.28. The van der Waals surface area contributed by atoms with Crippen LogP contribution >= 0.6 is 0 Å². The van der Waals surface area contributed by atoms with Gasteiger partial charge < -0.3 is 14.6 Å². The summed E-state index contributed by atoms with van der Waals surface area (Å²) in [7, 11) is 2.72. The molecule has 0 aromatic heterocycles. The number of phenols is 1. The van der Waals surface area contributed by atoms with Crippen molar-refractivity contribution in [2.24, 2.45) is 0 Å². The van der Waals surface area contributed by atoms with Gasteiger partial charge in [0.1, 0.15) is 11.5 Å². The molecule has 0 amide bonds. The van der Waals surface area contributed by atoms with Crippen molar-refractivity contribution in [1.82, 2.24) is 0 Å². The molecule has 0 heterocycles. The van der Waals surface area contributed by atoms with E-state index in [0.717, 1.165) is 0 Å². The minimum absolute atomic E-state index is 0.0711. The predicted molar refractivity (Wildman–Crippen MR) is 75.9 cm³/mol. The zero-order chi connectivity index (χ0) is 15.4. The second-order valence-corrected chi connectivity index (χ2v) is 4.28. The number of benzene rings is 2. The Morgan fingerprint density at radius 1 is 0.952 bits per heavy atom. The highest BCUT2D eigenvalue weighted by atomic mass is 16.5. The topological polar surface area (TPSA) is 72.8 Å². The van der Waals surface area contributed by atoms with Gasteiger partial charge in [-0.1, -0.05) is 0 Å². The first-order valence-electron chi connectivity index (χ1n) is 6.17. The monoisotopic (exact) mass is 286 g/mol. The van der Waals surface area contributed by atoms with Gasteiger partial charge in [-0.05, 0) is 42.5 Å². The summed E-state index contributed by atoms with van der Waals surface area (Å²) in [5, 5.41) is 9.26. The zero-order valence-electron chi connectivity index (χ0n) is 11.6. The Hall–Kier alpha value is -2.82. The molecule has 5 heteroatoms. The van der Waals surface area contributed by atoms with Crippen molar-refractivity contribution in [2.45, 2.75) is 0 Å². The molecule has 0 radical (unpaired) electrons. The van der Waals surface area contributed by atoms with Gasteiger partial charge in [0.15, 0.2) is 5.78 Å². The van der Waals surface area contributed by atoms with Gasteiger partial charge >= 0.3 is 5.97 Å². The van der Waals surface area contributed by atoms with E-state index >= 15 is 0 Å². The van der Waals surface area contributed by atoms with Crippen LogP contribution in [0.25, 0.3) is 0 Å². The van der Waals surface area contributed by atoms with Crippen molar-refractivity contribution < 1.29 is 24.2 Å². The zero-order valence-corrected chi connectivity index (χ0v) is 11.6. The van der Waals surface area contributed by atoms with E-state index in [1.807, 2.05) is 0 Å². The Labute approximate surface area is 121 Å². The first-order chi connectivity index (χ1) is 10.1. The van der Waals surface area contributed by atoms with Crippen molar-refractivity contribution in [3.05, 3.63) is 59.2 Å². The van der Waals surface area contributed by atoms with Gasteiger partial charge in [-0.3, -0.25) is 4.79 Å². The van der Waals surface area contributed by atoms with Crippen LogP contribution in [0, 0.1) is 0 Å². The van der Waals surface area contributed by atoms with E-state index < -0.39 is 5.97 Å². The van der Waals surface area contributed by atoms with E-state index in [9.17, 15) is 14.7 Å². The summed E-state index contributed by atoms with van der Waals surface area (Å²) in [5.74, 6) is -0.405. The normalized spacial score (nSPS) is 10.0. The fourth-order valence-electron chi connectivity index (χ4n) is 1.90. The van der Waals surface area contributed by atoms with Crippen LogP contribution in [0.5, 0.6) is 11.5 Å². The highest BCUT2D eigenvalue weighted by molar-refractivity contribution is 6.11. The molecule has 0 aliphatic heterocycles. The van der Waals surface area contributed by atoms with Crippen molar-refractivity contribution in [3.63, 3.8) is 0 Å². The Bertz CT molecular complexity index is 674. The van der Waals surface area contributed by atoms with Crippen LogP contribution in [0.3, 0.4) is 0 Å². The maximum absolute atomic E-state index is 12.5. The molecule has 1 N–H and O–H groups in total. The fourth-order valence-corrected chi connectivity index (χ4v) is 1.90. The predicted octanol–water partition coefficient (Wildman–Crippen LogP) is 2.42. The molecule has 0 saturated heterocycles. The summed E-state index contributed by atoms with van der Waals surface area (Å²) < 4.78 is 9.80. The van der Waals surface area contributed by atoms with Crippen molar-refractivity contribution in [1.29, 1.82) is 0 Å². The standard InChI is InChI=1S/C16H14O5/c1-20-14-8-5-11(16(19)21-2)9-13(14)15(18)10-3-6-12(17)7-4-10/h3-9,17H,1-2H3. The van der Waals surface area contributed by atoms with Gasteiger partial charge in [0, 0.05) is 5.56 Å². The first kappa shape index (κ1) is 14.6. The van der Waals surface area contributed by atoms with E-state index in [1.54, 1.807) is 6.07 Å². The number of carbonyl (C=O) groups excluding carboxylic acids is 2. The third kappa shape index (κ3) is 3.02. The molecule has 5 nitrogen and oxygen atoms in total. The molecule has 0 unspecified atom stereocenters. The number of ketones is 1. The summed E-state index contributed by atoms with van der Waals surface area (Å²) in [5.41, 5.74) is 0.902. The quantitative estimate of drug-likeness (QED) is 0.690. The van der Waals surface area contributed by atoms with Crippen LogP contribution in [0.4, 0.5) is 0 Å². The maximum atomic E-state index is 12.5. The Morgan fingerprint density at radius 3 is 2.14 bits per heavy atom. The summed E-state index contributed by atoms with van der Waals surface area (Å²) in [6.45, 7) is 0. The molecule has 108 valence electrons. The Morgan fingerprint density at radius 2 is 1.57 bits per heavy atom. The number of ether oxygens (including phenoxy) is 2. The Kier molecular flexibility index (Phi) is 4.23. The lowest BCUT2D eigenvalue weighted by Gasteiger charge is -2.09. The Balaban J connectivity index is 2.47. The molecule has 2 aromatic carbocycles. The third-order valence-electron chi connectivity index (χ3n) is 2.99. The number of carbonyl (C=O) groups is 2. The molecule has 0 aliphatic rings. The minimum atomic E-state index is -0.530. The number of rotatable bonds is 4. The van der Waals surface area contributed by atoms with Gasteiger partial charge in [-0.25, -0.2) is 4.79 Å². The molecule has 0 atom stereocenters. The van der Waals surface area contributed by atoms with Gasteiger partial charge in [0.2, 0.25) is 0 Å². The number of methoxy groups -OCH3 is 2. The highest BCUT2D eigenvalue weighted by Gasteiger charge is 2.17. The van der Waals surface area contributed by atoms with Gasteiger partial charge in [0.25, 0.3) is 0 Å². The molecule has 0 aliphatic carbocycles. The number of hydrogen-bond acceptors (Lipinski definition) is 5. The average Bonchev–Trinajstić information content (AvgIpc) is 2.53. The van der Waals surface area contributed by atoms with E-state index in [1.165, 1.54) is 50.6 Å². The molecule has 2 rings (SSSR count). The van der Waals surface area contributed by atoms with Crippen LogP contribution in [-0.2, 0) is 4.74 Å². The van der Waals surface area contributed by atoms with Crippen LogP contribution in [-0.4, -0.2) is 31.1 Å². The fraction of sp³-hybridized carbons (Fsp3) is 0.125. The number of phenolic OH excluding ortho intramolecular Hbond substituents is 1. The van der Waals surface area contributed by atoms with Crippen molar-refractivity contribution >= 4 is 11.8 Å². The molecule has 0 saturated carbocycles. The SMILES string of the molecule is COC(=O)c1ccc(OC)c(C(=O)c2ccc(O)cc2)c1. The molecular formula is C16H14O5. The van der Waals surface area contributed by atoms with E-state index in [2.05, 4.69) is 4.74 Å². The van der Waals surface area contributed by atoms with E-state index in [-0.39, 0.29) is 22.7 Å². The minimum Gasteiger partial charge on any atom is -0.508 e. The third-order valence-corrected chi connectivity index (χ3v) is 2.99. The van der Waals surface area contributed by atoms with Crippen molar-refractivity contribution in [2.75, 3.05) is 14.2 Å². The van der Waals surface area contributed by atoms with Crippen LogP contribution in [0.15, 0.2) is 42.5 Å². The molecule has 0 fully saturated rings. The smallest absolute Gasteiger partial charge is 0.337 e. The van der Waals surface area contributed by atoms with Gasteiger partial charge in [-0.15, -0.1) is 0 Å². The van der Waals surface area contributed by atoms with Gasteiger partial charge in [-0.2, -0.15) is 0 Å². The largest absolute Gasteiger partial charge is 0.508 e.